The first-order chi connectivity index (χ1) is 8.20. The molecule has 17 heavy (non-hydrogen) atoms. The summed E-state index contributed by atoms with van der Waals surface area (Å²) in [4.78, 5) is 26.6. The minimum absolute atomic E-state index is 0.112. The molecule has 2 heterocycles. The van der Waals surface area contributed by atoms with Crippen molar-refractivity contribution >= 4 is 12.0 Å². The molecule has 0 spiro atoms. The lowest BCUT2D eigenvalue weighted by Crippen LogP contribution is -2.60. The third-order valence-electron chi connectivity index (χ3n) is 3.40. The van der Waals surface area contributed by atoms with Crippen LogP contribution in [0.5, 0.6) is 0 Å². The molecule has 6 nitrogen and oxygen atoms in total. The monoisotopic (exact) mass is 241 g/mol. The van der Waals surface area contributed by atoms with Crippen molar-refractivity contribution in [3.05, 3.63) is 0 Å². The number of piperidine rings is 1. The number of rotatable bonds is 1. The van der Waals surface area contributed by atoms with Gasteiger partial charge in [-0.1, -0.05) is 0 Å². The van der Waals surface area contributed by atoms with E-state index in [4.69, 9.17) is 5.11 Å². The van der Waals surface area contributed by atoms with Crippen LogP contribution in [0.1, 0.15) is 19.3 Å². The van der Waals surface area contributed by atoms with E-state index in [1.54, 1.807) is 4.90 Å². The lowest BCUT2D eigenvalue weighted by molar-refractivity contribution is -0.142. The fourth-order valence-corrected chi connectivity index (χ4v) is 2.42. The van der Waals surface area contributed by atoms with Gasteiger partial charge in [-0.05, 0) is 19.3 Å². The summed E-state index contributed by atoms with van der Waals surface area (Å²) in [5, 5.41) is 12.1. The molecule has 1 atom stereocenters. The number of nitrogens with zero attached hydrogens (tertiary/aromatic N) is 2. The predicted molar refractivity (Wildman–Crippen MR) is 61.8 cm³/mol. The Hall–Kier alpha value is -1.30. The highest BCUT2D eigenvalue weighted by molar-refractivity contribution is 5.83. The summed E-state index contributed by atoms with van der Waals surface area (Å²) in [5.41, 5.74) is 0. The molecule has 2 N–H and O–H groups in total. The first-order valence-corrected chi connectivity index (χ1v) is 6.19. The van der Waals surface area contributed by atoms with Crippen molar-refractivity contribution in [1.82, 2.24) is 15.1 Å². The predicted octanol–water partition coefficient (Wildman–Crippen LogP) is -0.0493. The van der Waals surface area contributed by atoms with Gasteiger partial charge in [-0.15, -0.1) is 0 Å². The van der Waals surface area contributed by atoms with Crippen molar-refractivity contribution in [1.29, 1.82) is 0 Å². The summed E-state index contributed by atoms with van der Waals surface area (Å²) < 4.78 is 0. The van der Waals surface area contributed by atoms with Crippen LogP contribution in [0.25, 0.3) is 0 Å². The summed E-state index contributed by atoms with van der Waals surface area (Å²) in [6, 6.07) is -0.836. The minimum Gasteiger partial charge on any atom is -0.480 e. The summed E-state index contributed by atoms with van der Waals surface area (Å²) in [7, 11) is 0. The summed E-state index contributed by atoms with van der Waals surface area (Å²) in [6.07, 6.45) is 3.21. The first-order valence-electron chi connectivity index (χ1n) is 6.19. The van der Waals surface area contributed by atoms with Gasteiger partial charge in [0.25, 0.3) is 0 Å². The molecule has 0 bridgehead atoms. The quantitative estimate of drug-likeness (QED) is 0.675. The molecule has 0 aromatic carbocycles. The van der Waals surface area contributed by atoms with Crippen molar-refractivity contribution in [3.8, 4) is 0 Å². The Morgan fingerprint density at radius 2 is 1.82 bits per heavy atom. The van der Waals surface area contributed by atoms with Gasteiger partial charge in [0.2, 0.25) is 0 Å². The Balaban J connectivity index is 2.02. The van der Waals surface area contributed by atoms with E-state index in [1.165, 1.54) is 4.90 Å². The van der Waals surface area contributed by atoms with Crippen LogP contribution in [0.3, 0.4) is 0 Å². The van der Waals surface area contributed by atoms with Crippen LogP contribution in [-0.2, 0) is 4.79 Å². The Morgan fingerprint density at radius 3 is 2.47 bits per heavy atom. The van der Waals surface area contributed by atoms with Crippen molar-refractivity contribution in [3.63, 3.8) is 0 Å². The fraction of sp³-hybridized carbons (Fsp3) is 0.818. The van der Waals surface area contributed by atoms with Crippen LogP contribution in [0.4, 0.5) is 4.79 Å². The third-order valence-corrected chi connectivity index (χ3v) is 3.40. The van der Waals surface area contributed by atoms with Gasteiger partial charge >= 0.3 is 12.0 Å². The fourth-order valence-electron chi connectivity index (χ4n) is 2.42. The number of amides is 2. The number of hydrogen-bond donors (Lipinski definition) is 2. The largest absolute Gasteiger partial charge is 0.480 e. The zero-order chi connectivity index (χ0) is 12.3. The first kappa shape index (κ1) is 12.2. The van der Waals surface area contributed by atoms with Gasteiger partial charge in [0.15, 0.2) is 0 Å². The molecule has 96 valence electrons. The number of carbonyl (C=O) groups is 2. The lowest BCUT2D eigenvalue weighted by atomic mass is 10.1. The highest BCUT2D eigenvalue weighted by Gasteiger charge is 2.34. The smallest absolute Gasteiger partial charge is 0.327 e. The average Bonchev–Trinajstić information content (AvgIpc) is 2.39. The van der Waals surface area contributed by atoms with E-state index in [9.17, 15) is 9.59 Å². The standard InChI is InChI=1S/C11H19N3O3/c15-10(16)9-8-12-4-7-14(9)11(17)13-5-2-1-3-6-13/h9,12H,1-8H2,(H,15,16). The molecule has 0 aromatic rings. The average molecular weight is 241 g/mol. The SMILES string of the molecule is O=C(O)C1CNCCN1C(=O)N1CCCCC1. The van der Waals surface area contributed by atoms with Gasteiger partial charge in [0.1, 0.15) is 6.04 Å². The Morgan fingerprint density at radius 1 is 1.12 bits per heavy atom. The Kier molecular flexibility index (Phi) is 3.83. The molecule has 1 unspecified atom stereocenters. The number of aliphatic carboxylic acids is 1. The van der Waals surface area contributed by atoms with Crippen molar-refractivity contribution in [2.24, 2.45) is 0 Å². The van der Waals surface area contributed by atoms with E-state index < -0.39 is 12.0 Å². The maximum atomic E-state index is 12.2. The normalized spacial score (nSPS) is 25.8. The molecule has 2 amide bonds. The second kappa shape index (κ2) is 5.35. The van der Waals surface area contributed by atoms with Crippen molar-refractivity contribution < 1.29 is 14.7 Å². The Bertz CT molecular complexity index is 302. The van der Waals surface area contributed by atoms with Crippen LogP contribution in [-0.4, -0.2) is 65.7 Å². The van der Waals surface area contributed by atoms with Gasteiger partial charge in [-0.25, -0.2) is 9.59 Å². The number of hydrogen-bond acceptors (Lipinski definition) is 3. The van der Waals surface area contributed by atoms with Crippen LogP contribution in [0.15, 0.2) is 0 Å². The van der Waals surface area contributed by atoms with E-state index in [0.29, 0.717) is 19.6 Å². The van der Waals surface area contributed by atoms with Crippen LogP contribution in [0.2, 0.25) is 0 Å². The van der Waals surface area contributed by atoms with E-state index in [1.807, 2.05) is 0 Å². The number of carboxylic acid groups (broad SMARTS) is 1. The maximum absolute atomic E-state index is 12.2. The molecule has 0 aliphatic carbocycles. The molecule has 0 saturated carbocycles. The zero-order valence-corrected chi connectivity index (χ0v) is 9.89. The van der Waals surface area contributed by atoms with Gasteiger partial charge in [-0.2, -0.15) is 0 Å². The molecule has 0 aromatic heterocycles. The molecular formula is C11H19N3O3. The lowest BCUT2D eigenvalue weighted by Gasteiger charge is -2.38. The zero-order valence-electron chi connectivity index (χ0n) is 9.89. The second-order valence-electron chi connectivity index (χ2n) is 4.58. The number of carbonyl (C=O) groups excluding carboxylic acids is 1. The molecule has 6 heteroatoms. The van der Waals surface area contributed by atoms with Gasteiger partial charge in [0.05, 0.1) is 0 Å². The highest BCUT2D eigenvalue weighted by atomic mass is 16.4. The van der Waals surface area contributed by atoms with Crippen LogP contribution >= 0.6 is 0 Å². The molecule has 2 rings (SSSR count). The number of likely N-dealkylation sites (tertiary alicyclic amines) is 1. The molecule has 2 aliphatic rings. The van der Waals surface area contributed by atoms with Gasteiger partial charge < -0.3 is 20.2 Å². The summed E-state index contributed by atoms with van der Waals surface area (Å²) in [6.45, 7) is 3.01. The van der Waals surface area contributed by atoms with Crippen molar-refractivity contribution in [2.45, 2.75) is 25.3 Å². The molecule has 2 saturated heterocycles. The van der Waals surface area contributed by atoms with Gasteiger partial charge in [-0.3, -0.25) is 0 Å². The molecule has 2 aliphatic heterocycles. The van der Waals surface area contributed by atoms with E-state index in [-0.39, 0.29) is 6.03 Å². The second-order valence-corrected chi connectivity index (χ2v) is 4.58. The molecular weight excluding hydrogens is 222 g/mol. The van der Waals surface area contributed by atoms with E-state index >= 15 is 0 Å². The number of urea groups is 1. The summed E-state index contributed by atoms with van der Waals surface area (Å²) in [5.74, 6) is -0.928. The number of nitrogens with one attached hydrogen (secondary N) is 1. The third kappa shape index (κ3) is 2.69. The maximum Gasteiger partial charge on any atom is 0.327 e. The molecule has 2 fully saturated rings. The highest BCUT2D eigenvalue weighted by Crippen LogP contribution is 2.14. The van der Waals surface area contributed by atoms with Crippen LogP contribution < -0.4 is 5.32 Å². The summed E-state index contributed by atoms with van der Waals surface area (Å²) >= 11 is 0. The number of carboxylic acids is 1. The van der Waals surface area contributed by atoms with Crippen molar-refractivity contribution in [2.75, 3.05) is 32.7 Å². The Labute approximate surface area is 101 Å². The number of piperazine rings is 1. The van der Waals surface area contributed by atoms with Crippen LogP contribution in [0, 0.1) is 0 Å². The molecule has 0 radical (unpaired) electrons. The van der Waals surface area contributed by atoms with Gasteiger partial charge in [0, 0.05) is 32.7 Å². The minimum atomic E-state index is -0.928. The van der Waals surface area contributed by atoms with E-state index in [2.05, 4.69) is 5.32 Å². The van der Waals surface area contributed by atoms with E-state index in [0.717, 1.165) is 32.4 Å². The topological polar surface area (TPSA) is 72.9 Å².